The molecule has 0 spiro atoms. The smallest absolute Gasteiger partial charge is 0.196 e. The van der Waals surface area contributed by atoms with Crippen molar-refractivity contribution < 1.29 is 4.74 Å². The van der Waals surface area contributed by atoms with E-state index in [9.17, 15) is 0 Å². The van der Waals surface area contributed by atoms with Crippen LogP contribution >= 0.6 is 11.8 Å². The van der Waals surface area contributed by atoms with Gasteiger partial charge < -0.3 is 4.74 Å². The lowest BCUT2D eigenvalue weighted by molar-refractivity contribution is 0.340. The maximum Gasteiger partial charge on any atom is 0.196 e. The van der Waals surface area contributed by atoms with E-state index < -0.39 is 0 Å². The maximum atomic E-state index is 5.61. The third-order valence-electron chi connectivity index (χ3n) is 4.93. The van der Waals surface area contributed by atoms with E-state index in [0.29, 0.717) is 6.61 Å². The number of thioether (sulfide) groups is 1. The minimum absolute atomic E-state index is 0.651. The summed E-state index contributed by atoms with van der Waals surface area (Å²) >= 11 is 1.70. The summed E-state index contributed by atoms with van der Waals surface area (Å²) in [6.45, 7) is 6.88. The lowest BCUT2D eigenvalue weighted by Crippen LogP contribution is -2.01. The van der Waals surface area contributed by atoms with Gasteiger partial charge >= 0.3 is 0 Å². The van der Waals surface area contributed by atoms with Crippen molar-refractivity contribution in [2.24, 2.45) is 0 Å². The highest BCUT2D eigenvalue weighted by Crippen LogP contribution is 2.31. The zero-order valence-corrected chi connectivity index (χ0v) is 18.3. The Morgan fingerprint density at radius 3 is 2.43 bits per heavy atom. The zero-order valence-electron chi connectivity index (χ0n) is 17.5. The van der Waals surface area contributed by atoms with Crippen LogP contribution in [0.15, 0.2) is 78.0 Å². The molecule has 0 saturated heterocycles. The van der Waals surface area contributed by atoms with Crippen LogP contribution in [-0.2, 0) is 5.75 Å². The van der Waals surface area contributed by atoms with Gasteiger partial charge in [0, 0.05) is 17.0 Å². The summed E-state index contributed by atoms with van der Waals surface area (Å²) in [6.07, 6.45) is 0. The Hall–Kier alpha value is -3.05. The predicted octanol–water partition coefficient (Wildman–Crippen LogP) is 6.24. The van der Waals surface area contributed by atoms with Gasteiger partial charge in [-0.05, 0) is 62.2 Å². The van der Waals surface area contributed by atoms with E-state index in [1.165, 1.54) is 16.7 Å². The molecule has 0 N–H and O–H groups in total. The first-order valence-corrected chi connectivity index (χ1v) is 11.1. The Morgan fingerprint density at radius 2 is 1.70 bits per heavy atom. The molecular weight excluding hydrogens is 390 g/mol. The highest BCUT2D eigenvalue weighted by Gasteiger charge is 2.17. The normalized spacial score (nSPS) is 10.9. The quantitative estimate of drug-likeness (QED) is 0.335. The summed E-state index contributed by atoms with van der Waals surface area (Å²) < 4.78 is 7.74. The van der Waals surface area contributed by atoms with Gasteiger partial charge in [-0.3, -0.25) is 4.57 Å². The van der Waals surface area contributed by atoms with Crippen LogP contribution in [0.25, 0.3) is 17.1 Å². The average Bonchev–Trinajstić information content (AvgIpc) is 3.18. The largest absolute Gasteiger partial charge is 0.494 e. The average molecular weight is 416 g/mol. The fourth-order valence-electron chi connectivity index (χ4n) is 3.34. The molecule has 0 aliphatic heterocycles. The number of aromatic nitrogens is 3. The summed E-state index contributed by atoms with van der Waals surface area (Å²) in [4.78, 5) is 0. The molecule has 1 aromatic heterocycles. The second-order valence-corrected chi connectivity index (χ2v) is 8.10. The van der Waals surface area contributed by atoms with Crippen LogP contribution in [0.1, 0.15) is 23.6 Å². The van der Waals surface area contributed by atoms with Crippen molar-refractivity contribution in [1.29, 1.82) is 0 Å². The van der Waals surface area contributed by atoms with Crippen LogP contribution in [0.2, 0.25) is 0 Å². The van der Waals surface area contributed by atoms with E-state index in [4.69, 9.17) is 4.74 Å². The number of rotatable bonds is 7. The summed E-state index contributed by atoms with van der Waals surface area (Å²) in [5.74, 6) is 2.55. The first-order chi connectivity index (χ1) is 14.7. The molecule has 0 unspecified atom stereocenters. The molecule has 0 aliphatic rings. The molecule has 0 aliphatic carbocycles. The molecule has 4 aromatic rings. The van der Waals surface area contributed by atoms with E-state index in [1.54, 1.807) is 11.8 Å². The summed E-state index contributed by atoms with van der Waals surface area (Å²) in [6, 6.07) is 25.0. The van der Waals surface area contributed by atoms with E-state index in [1.807, 2.05) is 19.1 Å². The Balaban J connectivity index is 1.73. The van der Waals surface area contributed by atoms with Crippen LogP contribution in [0, 0.1) is 13.8 Å². The Kier molecular flexibility index (Phi) is 6.19. The topological polar surface area (TPSA) is 39.9 Å². The van der Waals surface area contributed by atoms with E-state index >= 15 is 0 Å². The highest BCUT2D eigenvalue weighted by atomic mass is 32.2. The fraction of sp³-hybridized carbons (Fsp3) is 0.200. The van der Waals surface area contributed by atoms with Crippen LogP contribution < -0.4 is 4.74 Å². The minimum Gasteiger partial charge on any atom is -0.494 e. The number of hydrogen-bond acceptors (Lipinski definition) is 4. The van der Waals surface area contributed by atoms with Gasteiger partial charge in [0.15, 0.2) is 11.0 Å². The Labute approximate surface area is 181 Å². The third-order valence-corrected chi connectivity index (χ3v) is 5.91. The molecule has 0 fully saturated rings. The molecular formula is C25H25N3OS. The minimum atomic E-state index is 0.651. The van der Waals surface area contributed by atoms with Gasteiger partial charge in [0.25, 0.3) is 0 Å². The summed E-state index contributed by atoms with van der Waals surface area (Å²) in [5, 5.41) is 9.98. The number of benzene rings is 3. The summed E-state index contributed by atoms with van der Waals surface area (Å²) in [7, 11) is 0. The number of ether oxygens (including phenoxy) is 1. The zero-order chi connectivity index (χ0) is 20.9. The molecule has 0 radical (unpaired) electrons. The van der Waals surface area contributed by atoms with Crippen molar-refractivity contribution in [3.05, 3.63) is 89.5 Å². The first-order valence-electron chi connectivity index (χ1n) is 10.1. The van der Waals surface area contributed by atoms with E-state index in [0.717, 1.165) is 33.7 Å². The summed E-state index contributed by atoms with van der Waals surface area (Å²) in [5.41, 5.74) is 5.87. The molecule has 5 heteroatoms. The molecule has 3 aromatic carbocycles. The van der Waals surface area contributed by atoms with Gasteiger partial charge in [0.2, 0.25) is 0 Å². The Morgan fingerprint density at radius 1 is 0.900 bits per heavy atom. The van der Waals surface area contributed by atoms with Gasteiger partial charge in [-0.25, -0.2) is 0 Å². The monoisotopic (exact) mass is 415 g/mol. The van der Waals surface area contributed by atoms with Crippen LogP contribution in [0.3, 0.4) is 0 Å². The van der Waals surface area contributed by atoms with Crippen molar-refractivity contribution in [2.45, 2.75) is 31.7 Å². The maximum absolute atomic E-state index is 5.61. The molecule has 0 bridgehead atoms. The molecule has 4 rings (SSSR count). The standard InChI is InChI=1S/C25H25N3OS/c1-4-29-23-14-12-22(13-15-23)28-24(20-11-7-8-18(2)16-20)26-27-25(28)30-17-21-10-6-5-9-19(21)3/h5-16H,4,17H2,1-3H3. The molecule has 0 amide bonds. The van der Waals surface area contributed by atoms with Crippen LogP contribution in [0.5, 0.6) is 5.75 Å². The molecule has 1 heterocycles. The Bertz CT molecular complexity index is 1140. The van der Waals surface area contributed by atoms with E-state index in [-0.39, 0.29) is 0 Å². The van der Waals surface area contributed by atoms with Crippen molar-refractivity contribution in [1.82, 2.24) is 14.8 Å². The second kappa shape index (κ2) is 9.18. The fourth-order valence-corrected chi connectivity index (χ4v) is 4.37. The molecule has 152 valence electrons. The van der Waals surface area contributed by atoms with E-state index in [2.05, 4.69) is 89.3 Å². The van der Waals surface area contributed by atoms with Crippen molar-refractivity contribution in [3.8, 4) is 22.8 Å². The van der Waals surface area contributed by atoms with Crippen molar-refractivity contribution in [2.75, 3.05) is 6.61 Å². The number of nitrogens with zero attached hydrogens (tertiary/aromatic N) is 3. The molecule has 4 nitrogen and oxygen atoms in total. The van der Waals surface area contributed by atoms with Gasteiger partial charge in [-0.2, -0.15) is 0 Å². The first kappa shape index (κ1) is 20.2. The van der Waals surface area contributed by atoms with Crippen molar-refractivity contribution in [3.63, 3.8) is 0 Å². The van der Waals surface area contributed by atoms with Crippen LogP contribution in [-0.4, -0.2) is 21.4 Å². The second-order valence-electron chi connectivity index (χ2n) is 7.15. The third kappa shape index (κ3) is 4.41. The SMILES string of the molecule is CCOc1ccc(-n2c(SCc3ccccc3C)nnc2-c2cccc(C)c2)cc1. The van der Waals surface area contributed by atoms with Gasteiger partial charge in [-0.1, -0.05) is 59.8 Å². The highest BCUT2D eigenvalue weighted by molar-refractivity contribution is 7.98. The number of aryl methyl sites for hydroxylation is 2. The molecule has 0 atom stereocenters. The van der Waals surface area contributed by atoms with Gasteiger partial charge in [0.05, 0.1) is 6.61 Å². The van der Waals surface area contributed by atoms with Gasteiger partial charge in [-0.15, -0.1) is 10.2 Å². The number of hydrogen-bond donors (Lipinski definition) is 0. The molecule has 30 heavy (non-hydrogen) atoms. The molecule has 0 saturated carbocycles. The lowest BCUT2D eigenvalue weighted by Gasteiger charge is -2.12. The van der Waals surface area contributed by atoms with Crippen LogP contribution in [0.4, 0.5) is 0 Å². The lowest BCUT2D eigenvalue weighted by atomic mass is 10.1. The van der Waals surface area contributed by atoms with Gasteiger partial charge in [0.1, 0.15) is 5.75 Å². The predicted molar refractivity (Wildman–Crippen MR) is 123 cm³/mol. The van der Waals surface area contributed by atoms with Crippen molar-refractivity contribution >= 4 is 11.8 Å².